The van der Waals surface area contributed by atoms with Crippen LogP contribution in [0, 0.1) is 6.08 Å². The van der Waals surface area contributed by atoms with Gasteiger partial charge in [0.1, 0.15) is 0 Å². The maximum Gasteiger partial charge on any atom is -0.0255 e. The first-order chi connectivity index (χ1) is 20.6. The van der Waals surface area contributed by atoms with E-state index < -0.39 is 0 Å². The van der Waals surface area contributed by atoms with Crippen LogP contribution in [0.1, 0.15) is 17.5 Å². The largest absolute Gasteiger partial charge is 1.00 e. The van der Waals surface area contributed by atoms with Crippen LogP contribution in [0.2, 0.25) is 0 Å². The summed E-state index contributed by atoms with van der Waals surface area (Å²) >= 11 is 8.43. The standard InChI is InChI=1S/C21H13.C13H8Br2.C5H5.2ClH.Zr/c1-2-8-15-14(7-1)13-20-18-11-4-3-9-16(18)17-10-5-6-12-19(17)21(15)20;14-12-5-1-3-10(8-12)7-11-4-2-6-13(15)9-11;1-2-4-5-3-1;;;/h1-13H;1-6,8-9H;1-3H,4H2;2*1H;/q-1;;-1;;;+2/p-2. The molecule has 0 unspecified atom stereocenters. The smallest absolute Gasteiger partial charge is 0.0255 e. The first-order valence-corrected chi connectivity index (χ1v) is 16.6. The van der Waals surface area contributed by atoms with Crippen molar-refractivity contribution < 1.29 is 49.0 Å². The maximum atomic E-state index is 3.50. The van der Waals surface area contributed by atoms with Crippen molar-refractivity contribution in [2.75, 3.05) is 0 Å². The third kappa shape index (κ3) is 7.64. The first kappa shape index (κ1) is 34.4. The van der Waals surface area contributed by atoms with E-state index in [-0.39, 0.29) is 24.8 Å². The Balaban J connectivity index is 0.000000171. The topological polar surface area (TPSA) is 0 Å². The van der Waals surface area contributed by atoms with Gasteiger partial charge in [-0.2, -0.15) is 6.08 Å². The maximum absolute atomic E-state index is 3.50. The van der Waals surface area contributed by atoms with Gasteiger partial charge in [0.2, 0.25) is 0 Å². The van der Waals surface area contributed by atoms with Crippen LogP contribution in [-0.4, -0.2) is 3.21 Å². The van der Waals surface area contributed by atoms with Crippen LogP contribution in [0.3, 0.4) is 0 Å². The van der Waals surface area contributed by atoms with Gasteiger partial charge in [0, 0.05) is 0 Å². The first-order valence-electron chi connectivity index (χ1n) is 13.8. The van der Waals surface area contributed by atoms with Crippen LogP contribution in [0.5, 0.6) is 0 Å². The molecule has 0 heterocycles. The van der Waals surface area contributed by atoms with Crippen molar-refractivity contribution >= 4 is 78.2 Å². The van der Waals surface area contributed by atoms with Crippen molar-refractivity contribution in [2.45, 2.75) is 6.42 Å². The Morgan fingerprint density at radius 2 is 1.14 bits per heavy atom. The van der Waals surface area contributed by atoms with Gasteiger partial charge >= 0.3 is 128 Å². The molecule has 0 atom stereocenters. The Morgan fingerprint density at radius 1 is 0.614 bits per heavy atom. The van der Waals surface area contributed by atoms with Crippen LogP contribution in [-0.2, 0) is 24.2 Å². The van der Waals surface area contributed by atoms with Crippen molar-refractivity contribution in [1.82, 2.24) is 0 Å². The monoisotopic (exact) mass is 812 g/mol. The molecular weight excluding hydrogens is 790 g/mol. The summed E-state index contributed by atoms with van der Waals surface area (Å²) in [6, 6.07) is 45.4. The Labute approximate surface area is 302 Å². The predicted molar refractivity (Wildman–Crippen MR) is 185 cm³/mol. The summed E-state index contributed by atoms with van der Waals surface area (Å²) in [4.78, 5) is 0. The molecule has 0 aromatic heterocycles. The molecule has 8 rings (SSSR count). The van der Waals surface area contributed by atoms with E-state index in [2.05, 4.69) is 159 Å². The molecular formula is C39H26Br2Cl2Zr-2. The fraction of sp³-hybridized carbons (Fsp3) is 0.0256. The van der Waals surface area contributed by atoms with Gasteiger partial charge in [0.25, 0.3) is 0 Å². The molecule has 0 saturated carbocycles. The molecule has 216 valence electrons. The normalized spacial score (nSPS) is 11.4. The molecule has 7 aromatic rings. The van der Waals surface area contributed by atoms with Crippen LogP contribution in [0.25, 0.3) is 43.1 Å². The van der Waals surface area contributed by atoms with Gasteiger partial charge in [0.15, 0.2) is 0 Å². The van der Waals surface area contributed by atoms with Gasteiger partial charge in [-0.1, -0.05) is 77.5 Å². The summed E-state index contributed by atoms with van der Waals surface area (Å²) in [5.41, 5.74) is 2.57. The van der Waals surface area contributed by atoms with Crippen molar-refractivity contribution in [3.05, 3.63) is 172 Å². The Hall–Kier alpha value is -2.52. The molecule has 1 aliphatic rings. The number of fused-ring (bicyclic) bond motifs is 8. The molecule has 0 saturated heterocycles. The Morgan fingerprint density at radius 3 is 1.66 bits per heavy atom. The number of rotatable bonds is 2. The molecule has 5 heteroatoms. The summed E-state index contributed by atoms with van der Waals surface area (Å²) in [7, 11) is 0. The summed E-state index contributed by atoms with van der Waals surface area (Å²) in [6.07, 6.45) is 10.0. The van der Waals surface area contributed by atoms with E-state index in [9.17, 15) is 0 Å². The Kier molecular flexibility index (Phi) is 12.6. The number of allylic oxidation sites excluding steroid dienone is 4. The zero-order valence-electron chi connectivity index (χ0n) is 23.6. The van der Waals surface area contributed by atoms with E-state index in [1.807, 2.05) is 24.3 Å². The minimum Gasteiger partial charge on any atom is -1.00 e. The quantitative estimate of drug-likeness (QED) is 0.156. The van der Waals surface area contributed by atoms with Gasteiger partial charge in [-0.3, -0.25) is 6.08 Å². The molecule has 0 N–H and O–H groups in total. The zero-order chi connectivity index (χ0) is 28.9. The molecule has 7 aromatic carbocycles. The molecule has 0 bridgehead atoms. The summed E-state index contributed by atoms with van der Waals surface area (Å²) in [5, 5.41) is 10.8. The van der Waals surface area contributed by atoms with Crippen molar-refractivity contribution in [2.24, 2.45) is 0 Å². The van der Waals surface area contributed by atoms with Gasteiger partial charge in [-0.25, -0.2) is 12.2 Å². The molecule has 0 radical (unpaired) electrons. The summed E-state index contributed by atoms with van der Waals surface area (Å²) in [6.45, 7) is 0. The second kappa shape index (κ2) is 16.2. The van der Waals surface area contributed by atoms with Crippen LogP contribution >= 0.6 is 31.9 Å². The van der Waals surface area contributed by atoms with E-state index in [1.54, 1.807) is 0 Å². The average molecular weight is 817 g/mol. The van der Waals surface area contributed by atoms with Crippen molar-refractivity contribution in [3.63, 3.8) is 0 Å². The number of halogens is 4. The van der Waals surface area contributed by atoms with Gasteiger partial charge in [-0.05, 0) is 10.8 Å². The number of hydrogen-bond donors (Lipinski definition) is 0. The van der Waals surface area contributed by atoms with Crippen LogP contribution in [0.15, 0.2) is 155 Å². The number of benzene rings is 6. The van der Waals surface area contributed by atoms with Gasteiger partial charge in [-0.15, -0.1) is 40.1 Å². The minimum absolute atomic E-state index is 0. The third-order valence-corrected chi connectivity index (χ3v) is 9.72. The van der Waals surface area contributed by atoms with E-state index in [0.29, 0.717) is 0 Å². The molecule has 0 fully saturated rings. The molecule has 0 amide bonds. The van der Waals surface area contributed by atoms with E-state index in [0.717, 1.165) is 15.4 Å². The third-order valence-electron chi connectivity index (χ3n) is 7.32. The predicted octanol–water partition coefficient (Wildman–Crippen LogP) is 5.66. The zero-order valence-corrected chi connectivity index (χ0v) is 30.7. The SMILES string of the molecule is Brc1cccc([C](=[Zr+2])c2cccc(Br)c2)c1.[C-]1=CC=CC1.[Cl-].[Cl-].c1ccc2c(c1)[cH-]c1c3ccccc3c3ccccc3c21. The summed E-state index contributed by atoms with van der Waals surface area (Å²) < 4.78 is 3.62. The van der Waals surface area contributed by atoms with Crippen molar-refractivity contribution in [3.8, 4) is 0 Å². The fourth-order valence-corrected chi connectivity index (χ4v) is 6.97. The molecule has 44 heavy (non-hydrogen) atoms. The van der Waals surface area contributed by atoms with E-state index in [4.69, 9.17) is 0 Å². The molecule has 0 nitrogen and oxygen atoms in total. The van der Waals surface area contributed by atoms with E-state index in [1.165, 1.54) is 81.7 Å². The minimum atomic E-state index is 0. The second-order valence-corrected chi connectivity index (χ2v) is 13.1. The molecule has 0 aliphatic heterocycles. The average Bonchev–Trinajstić information content (AvgIpc) is 3.74. The van der Waals surface area contributed by atoms with Gasteiger partial charge < -0.3 is 24.8 Å². The van der Waals surface area contributed by atoms with Crippen LogP contribution < -0.4 is 24.8 Å². The Bertz CT molecular complexity index is 2070. The second-order valence-electron chi connectivity index (χ2n) is 10.0. The van der Waals surface area contributed by atoms with Crippen LogP contribution in [0.4, 0.5) is 0 Å². The molecule has 1 aliphatic carbocycles. The van der Waals surface area contributed by atoms with E-state index >= 15 is 0 Å². The summed E-state index contributed by atoms with van der Waals surface area (Å²) in [5.74, 6) is 0. The number of hydrogen-bond acceptors (Lipinski definition) is 0. The van der Waals surface area contributed by atoms with Crippen molar-refractivity contribution in [1.29, 1.82) is 0 Å². The molecule has 0 spiro atoms. The van der Waals surface area contributed by atoms with Gasteiger partial charge in [0.05, 0.1) is 0 Å². The fourth-order valence-electron chi connectivity index (χ4n) is 5.41.